The van der Waals surface area contributed by atoms with E-state index in [9.17, 15) is 5.11 Å². The van der Waals surface area contributed by atoms with Crippen LogP contribution in [0.4, 0.5) is 0 Å². The Bertz CT molecular complexity index is 810. The van der Waals surface area contributed by atoms with E-state index in [-0.39, 0.29) is 11.5 Å². The van der Waals surface area contributed by atoms with Crippen molar-refractivity contribution in [2.45, 2.75) is 137 Å². The van der Waals surface area contributed by atoms with Gasteiger partial charge in [0.1, 0.15) is 0 Å². The molecule has 8 atom stereocenters. The van der Waals surface area contributed by atoms with Crippen LogP contribution in [0.25, 0.3) is 0 Å². The van der Waals surface area contributed by atoms with Gasteiger partial charge in [-0.3, -0.25) is 0 Å². The summed E-state index contributed by atoms with van der Waals surface area (Å²) in [6.45, 7) is 19.9. The summed E-state index contributed by atoms with van der Waals surface area (Å²) >= 11 is 0. The van der Waals surface area contributed by atoms with E-state index in [1.807, 2.05) is 11.1 Å². The number of allylic oxidation sites excluding steroid dienone is 2. The van der Waals surface area contributed by atoms with E-state index >= 15 is 0 Å². The van der Waals surface area contributed by atoms with Crippen molar-refractivity contribution in [3.63, 3.8) is 0 Å². The molecule has 5 aliphatic rings. The van der Waals surface area contributed by atoms with Crippen LogP contribution in [0.2, 0.25) is 0 Å². The van der Waals surface area contributed by atoms with Crippen LogP contribution in [0.15, 0.2) is 11.1 Å². The lowest BCUT2D eigenvalue weighted by atomic mass is 9.43. The average molecular weight is 442 g/mol. The standard InChI is InChI=1S/C30H51NO/c1-19(9-12-24-27(4,5)31-24)20-13-17-30(8)22-10-11-23-26(2,3)25(32)15-16-28(23,6)21(22)14-18-29(20,30)7/h19-20,23-25,31-32H,9-18H2,1-8H3/t19-,20-,23+,24?,25?,28-,29-,30+/m1/s1. The molecule has 0 aromatic rings. The molecule has 2 N–H and O–H groups in total. The van der Waals surface area contributed by atoms with Gasteiger partial charge in [-0.15, -0.1) is 0 Å². The van der Waals surface area contributed by atoms with Crippen molar-refractivity contribution in [3.05, 3.63) is 11.1 Å². The summed E-state index contributed by atoms with van der Waals surface area (Å²) in [5.41, 5.74) is 5.34. The number of hydrogen-bond donors (Lipinski definition) is 2. The Morgan fingerprint density at radius 1 is 0.906 bits per heavy atom. The molecule has 2 unspecified atom stereocenters. The summed E-state index contributed by atoms with van der Waals surface area (Å²) < 4.78 is 0. The van der Waals surface area contributed by atoms with Gasteiger partial charge in [0.25, 0.3) is 0 Å². The summed E-state index contributed by atoms with van der Waals surface area (Å²) in [4.78, 5) is 0. The molecule has 0 spiro atoms. The Labute approximate surface area is 198 Å². The second kappa shape index (κ2) is 7.09. The van der Waals surface area contributed by atoms with E-state index in [1.165, 1.54) is 57.8 Å². The molecule has 2 heteroatoms. The Morgan fingerprint density at radius 3 is 2.25 bits per heavy atom. The van der Waals surface area contributed by atoms with Crippen LogP contribution in [0.3, 0.4) is 0 Å². The molecule has 0 amide bonds. The summed E-state index contributed by atoms with van der Waals surface area (Å²) in [5, 5.41) is 14.5. The van der Waals surface area contributed by atoms with Crippen molar-refractivity contribution in [1.29, 1.82) is 0 Å². The van der Waals surface area contributed by atoms with E-state index < -0.39 is 0 Å². The second-order valence-corrected chi connectivity index (χ2v) is 14.7. The number of aliphatic hydroxyl groups excluding tert-OH is 1. The average Bonchev–Trinajstić information content (AvgIpc) is 3.22. The number of fused-ring (bicyclic) bond motifs is 4. The fourth-order valence-electron chi connectivity index (χ4n) is 10.1. The Hall–Kier alpha value is -0.340. The normalized spacial score (nSPS) is 49.8. The Morgan fingerprint density at radius 2 is 1.59 bits per heavy atom. The van der Waals surface area contributed by atoms with Crippen LogP contribution < -0.4 is 5.32 Å². The smallest absolute Gasteiger partial charge is 0.0594 e. The number of rotatable bonds is 4. The van der Waals surface area contributed by atoms with Crippen LogP contribution in [-0.2, 0) is 0 Å². The van der Waals surface area contributed by atoms with Gasteiger partial charge >= 0.3 is 0 Å². The first-order chi connectivity index (χ1) is 14.8. The van der Waals surface area contributed by atoms with Crippen LogP contribution in [0, 0.1) is 39.4 Å². The Kier molecular flexibility index (Phi) is 5.19. The number of hydrogen-bond acceptors (Lipinski definition) is 2. The molecular weight excluding hydrogens is 390 g/mol. The molecule has 0 aromatic carbocycles. The van der Waals surface area contributed by atoms with Crippen molar-refractivity contribution in [3.8, 4) is 0 Å². The van der Waals surface area contributed by atoms with Gasteiger partial charge in [0, 0.05) is 11.6 Å². The lowest BCUT2D eigenvalue weighted by Crippen LogP contribution is -2.55. The molecule has 5 rings (SSSR count). The third-order valence-corrected chi connectivity index (χ3v) is 12.7. The highest BCUT2D eigenvalue weighted by Gasteiger charge is 2.63. The minimum absolute atomic E-state index is 0.0462. The zero-order valence-corrected chi connectivity index (χ0v) is 22.4. The highest BCUT2D eigenvalue weighted by Crippen LogP contribution is 2.72. The largest absolute Gasteiger partial charge is 0.393 e. The van der Waals surface area contributed by atoms with Crippen LogP contribution in [0.1, 0.15) is 120 Å². The first-order valence-electron chi connectivity index (χ1n) is 14.0. The van der Waals surface area contributed by atoms with Crippen molar-refractivity contribution in [2.75, 3.05) is 0 Å². The summed E-state index contributed by atoms with van der Waals surface area (Å²) in [6.07, 6.45) is 12.9. The van der Waals surface area contributed by atoms with Gasteiger partial charge in [-0.05, 0) is 117 Å². The van der Waals surface area contributed by atoms with E-state index in [0.717, 1.165) is 24.3 Å². The maximum absolute atomic E-state index is 10.8. The van der Waals surface area contributed by atoms with E-state index in [2.05, 4.69) is 60.7 Å². The topological polar surface area (TPSA) is 42.2 Å². The fourth-order valence-corrected chi connectivity index (χ4v) is 10.1. The van der Waals surface area contributed by atoms with Gasteiger partial charge in [0.05, 0.1) is 6.10 Å². The molecule has 3 fully saturated rings. The quantitative estimate of drug-likeness (QED) is 0.356. The molecule has 0 radical (unpaired) electrons. The molecule has 2 nitrogen and oxygen atoms in total. The van der Waals surface area contributed by atoms with Gasteiger partial charge in [-0.2, -0.15) is 0 Å². The third kappa shape index (κ3) is 3.03. The monoisotopic (exact) mass is 441 g/mol. The maximum Gasteiger partial charge on any atom is 0.0594 e. The predicted octanol–water partition coefficient (Wildman–Crippen LogP) is 7.26. The van der Waals surface area contributed by atoms with Gasteiger partial charge in [0.2, 0.25) is 0 Å². The molecule has 1 heterocycles. The summed E-state index contributed by atoms with van der Waals surface area (Å²) in [7, 11) is 0. The lowest BCUT2D eigenvalue weighted by Gasteiger charge is -2.62. The van der Waals surface area contributed by atoms with Crippen LogP contribution in [-0.4, -0.2) is 22.8 Å². The lowest BCUT2D eigenvalue weighted by molar-refractivity contribution is -0.0962. The molecule has 182 valence electrons. The van der Waals surface area contributed by atoms with E-state index in [0.29, 0.717) is 27.7 Å². The third-order valence-electron chi connectivity index (χ3n) is 12.7. The molecule has 1 aliphatic heterocycles. The Balaban J connectivity index is 1.41. The molecule has 32 heavy (non-hydrogen) atoms. The maximum atomic E-state index is 10.8. The first kappa shape index (κ1) is 23.4. The van der Waals surface area contributed by atoms with E-state index in [4.69, 9.17) is 0 Å². The minimum Gasteiger partial charge on any atom is -0.393 e. The van der Waals surface area contributed by atoms with Crippen LogP contribution >= 0.6 is 0 Å². The van der Waals surface area contributed by atoms with Crippen molar-refractivity contribution in [2.24, 2.45) is 39.4 Å². The summed E-state index contributed by atoms with van der Waals surface area (Å²) in [5.74, 6) is 2.34. The highest BCUT2D eigenvalue weighted by molar-refractivity contribution is 5.38. The van der Waals surface area contributed by atoms with Gasteiger partial charge < -0.3 is 10.4 Å². The molecule has 2 saturated carbocycles. The SMILES string of the molecule is C[C@H](CCC1NC1(C)C)[C@H]1CC[C@@]2(C)C3=C(CC[C@]12C)[C@@]1(C)CCC(O)C(C)(C)[C@@H]1CC3. The first-order valence-corrected chi connectivity index (χ1v) is 14.0. The molecule has 0 aromatic heterocycles. The van der Waals surface area contributed by atoms with Gasteiger partial charge in [-0.1, -0.05) is 52.7 Å². The van der Waals surface area contributed by atoms with E-state index in [1.54, 1.807) is 0 Å². The predicted molar refractivity (Wildman–Crippen MR) is 134 cm³/mol. The van der Waals surface area contributed by atoms with Gasteiger partial charge in [0.15, 0.2) is 0 Å². The molecule has 1 saturated heterocycles. The van der Waals surface area contributed by atoms with Crippen molar-refractivity contribution in [1.82, 2.24) is 5.32 Å². The molecule has 4 aliphatic carbocycles. The zero-order chi connectivity index (χ0) is 23.3. The fraction of sp³-hybridized carbons (Fsp3) is 0.933. The summed E-state index contributed by atoms with van der Waals surface area (Å²) in [6, 6.07) is 0.742. The second-order valence-electron chi connectivity index (χ2n) is 14.7. The number of nitrogens with one attached hydrogen (secondary N) is 1. The minimum atomic E-state index is -0.130. The zero-order valence-electron chi connectivity index (χ0n) is 22.4. The van der Waals surface area contributed by atoms with Crippen LogP contribution in [0.5, 0.6) is 0 Å². The molecular formula is C30H51NO. The van der Waals surface area contributed by atoms with Gasteiger partial charge in [-0.25, -0.2) is 0 Å². The van der Waals surface area contributed by atoms with Crippen molar-refractivity contribution < 1.29 is 5.11 Å². The number of aliphatic hydroxyl groups is 1. The molecule has 0 bridgehead atoms. The van der Waals surface area contributed by atoms with Crippen molar-refractivity contribution >= 4 is 0 Å². The highest BCUT2D eigenvalue weighted by atomic mass is 16.3.